The summed E-state index contributed by atoms with van der Waals surface area (Å²) in [6.45, 7) is 3.44. The zero-order valence-electron chi connectivity index (χ0n) is 11.4. The van der Waals surface area contributed by atoms with Gasteiger partial charge in [-0.2, -0.15) is 0 Å². The van der Waals surface area contributed by atoms with Crippen LogP contribution < -0.4 is 10.6 Å². The van der Waals surface area contributed by atoms with Gasteiger partial charge in [0.2, 0.25) is 5.91 Å². The van der Waals surface area contributed by atoms with Crippen LogP contribution in [0.1, 0.15) is 31.7 Å². The average molecular weight is 264 g/mol. The number of hydrogen-bond acceptors (Lipinski definition) is 2. The molecule has 1 heterocycles. The number of hydrogen-bond donors (Lipinski definition) is 1. The lowest BCUT2D eigenvalue weighted by Crippen LogP contribution is -2.29. The summed E-state index contributed by atoms with van der Waals surface area (Å²) in [5.74, 6) is 0.270. The SMILES string of the molecule is CC(CCN)CCC(=O)N1CCc2ccc(F)cc21. The van der Waals surface area contributed by atoms with Crippen LogP contribution >= 0.6 is 0 Å². The molecular weight excluding hydrogens is 243 g/mol. The number of carbonyl (C=O) groups is 1. The van der Waals surface area contributed by atoms with Crippen molar-refractivity contribution in [3.05, 3.63) is 29.6 Å². The number of nitrogens with two attached hydrogens (primary N) is 1. The predicted molar refractivity (Wildman–Crippen MR) is 74.5 cm³/mol. The Morgan fingerprint density at radius 3 is 3.00 bits per heavy atom. The van der Waals surface area contributed by atoms with E-state index < -0.39 is 0 Å². The molecule has 0 spiro atoms. The van der Waals surface area contributed by atoms with Gasteiger partial charge in [-0.15, -0.1) is 0 Å². The zero-order valence-corrected chi connectivity index (χ0v) is 11.4. The largest absolute Gasteiger partial charge is 0.330 e. The van der Waals surface area contributed by atoms with Gasteiger partial charge in [-0.05, 0) is 49.4 Å². The summed E-state index contributed by atoms with van der Waals surface area (Å²) in [7, 11) is 0. The summed E-state index contributed by atoms with van der Waals surface area (Å²) >= 11 is 0. The maximum Gasteiger partial charge on any atom is 0.227 e. The van der Waals surface area contributed by atoms with Crippen LogP contribution in [0, 0.1) is 11.7 Å². The van der Waals surface area contributed by atoms with Crippen molar-refractivity contribution in [2.45, 2.75) is 32.6 Å². The van der Waals surface area contributed by atoms with Crippen molar-refractivity contribution in [2.75, 3.05) is 18.0 Å². The topological polar surface area (TPSA) is 46.3 Å². The molecule has 0 aliphatic carbocycles. The number of anilines is 1. The molecule has 1 aromatic carbocycles. The van der Waals surface area contributed by atoms with Crippen molar-refractivity contribution in [1.29, 1.82) is 0 Å². The quantitative estimate of drug-likeness (QED) is 0.888. The Balaban J connectivity index is 1.97. The lowest BCUT2D eigenvalue weighted by Gasteiger charge is -2.18. The molecular formula is C15H21FN2O. The van der Waals surface area contributed by atoms with Gasteiger partial charge in [0.05, 0.1) is 0 Å². The minimum atomic E-state index is -0.282. The van der Waals surface area contributed by atoms with Gasteiger partial charge < -0.3 is 10.6 Å². The van der Waals surface area contributed by atoms with Gasteiger partial charge in [-0.3, -0.25) is 4.79 Å². The molecule has 0 aromatic heterocycles. The smallest absolute Gasteiger partial charge is 0.227 e. The van der Waals surface area contributed by atoms with Gasteiger partial charge in [-0.25, -0.2) is 4.39 Å². The number of fused-ring (bicyclic) bond motifs is 1. The molecule has 0 radical (unpaired) electrons. The van der Waals surface area contributed by atoms with E-state index in [0.717, 1.165) is 30.5 Å². The first-order chi connectivity index (χ1) is 9.11. The van der Waals surface area contributed by atoms with Crippen molar-refractivity contribution in [1.82, 2.24) is 0 Å². The van der Waals surface area contributed by atoms with Gasteiger partial charge in [-0.1, -0.05) is 13.0 Å². The van der Waals surface area contributed by atoms with Crippen LogP contribution in [0.5, 0.6) is 0 Å². The number of halogens is 1. The first-order valence-corrected chi connectivity index (χ1v) is 6.90. The van der Waals surface area contributed by atoms with E-state index >= 15 is 0 Å². The Hall–Kier alpha value is -1.42. The second-order valence-corrected chi connectivity index (χ2v) is 5.29. The molecule has 0 saturated heterocycles. The molecule has 3 nitrogen and oxygen atoms in total. The van der Waals surface area contributed by atoms with Gasteiger partial charge in [0.25, 0.3) is 0 Å². The fourth-order valence-corrected chi connectivity index (χ4v) is 2.55. The predicted octanol–water partition coefficient (Wildman–Crippen LogP) is 2.48. The van der Waals surface area contributed by atoms with E-state index in [4.69, 9.17) is 5.73 Å². The molecule has 0 saturated carbocycles. The average Bonchev–Trinajstić information content (AvgIpc) is 2.79. The first kappa shape index (κ1) is 14.0. The minimum Gasteiger partial charge on any atom is -0.330 e. The van der Waals surface area contributed by atoms with Crippen molar-refractivity contribution in [3.8, 4) is 0 Å². The third-order valence-electron chi connectivity index (χ3n) is 3.75. The van der Waals surface area contributed by atoms with E-state index in [9.17, 15) is 9.18 Å². The molecule has 0 bridgehead atoms. The second kappa shape index (κ2) is 6.15. The molecule has 19 heavy (non-hydrogen) atoms. The van der Waals surface area contributed by atoms with E-state index in [-0.39, 0.29) is 11.7 Å². The highest BCUT2D eigenvalue weighted by Gasteiger charge is 2.24. The monoisotopic (exact) mass is 264 g/mol. The van der Waals surface area contributed by atoms with Crippen LogP contribution in [0.2, 0.25) is 0 Å². The highest BCUT2D eigenvalue weighted by molar-refractivity contribution is 5.95. The number of nitrogens with zero attached hydrogens (tertiary/aromatic N) is 1. The Morgan fingerprint density at radius 2 is 2.26 bits per heavy atom. The summed E-state index contributed by atoms with van der Waals surface area (Å²) in [4.78, 5) is 13.9. The Morgan fingerprint density at radius 1 is 1.47 bits per heavy atom. The summed E-state index contributed by atoms with van der Waals surface area (Å²) in [5.41, 5.74) is 7.31. The molecule has 2 N–H and O–H groups in total. The second-order valence-electron chi connectivity index (χ2n) is 5.29. The van der Waals surface area contributed by atoms with Crippen LogP contribution in [0.15, 0.2) is 18.2 Å². The number of amides is 1. The van der Waals surface area contributed by atoms with E-state index in [1.807, 2.05) is 0 Å². The lowest BCUT2D eigenvalue weighted by atomic mass is 10.0. The fraction of sp³-hybridized carbons (Fsp3) is 0.533. The molecule has 1 aromatic rings. The highest BCUT2D eigenvalue weighted by Crippen LogP contribution is 2.29. The van der Waals surface area contributed by atoms with E-state index in [1.165, 1.54) is 12.1 Å². The number of benzene rings is 1. The third-order valence-corrected chi connectivity index (χ3v) is 3.75. The van der Waals surface area contributed by atoms with Crippen molar-refractivity contribution < 1.29 is 9.18 Å². The van der Waals surface area contributed by atoms with Crippen molar-refractivity contribution >= 4 is 11.6 Å². The maximum absolute atomic E-state index is 13.3. The molecule has 1 aliphatic rings. The summed E-state index contributed by atoms with van der Waals surface area (Å²) in [6.07, 6.45) is 3.12. The maximum atomic E-state index is 13.3. The molecule has 104 valence electrons. The van der Waals surface area contributed by atoms with Crippen LogP contribution in [0.25, 0.3) is 0 Å². The van der Waals surface area contributed by atoms with Gasteiger partial charge in [0.1, 0.15) is 5.82 Å². The number of carbonyl (C=O) groups excluding carboxylic acids is 1. The van der Waals surface area contributed by atoms with Crippen LogP contribution in [-0.2, 0) is 11.2 Å². The minimum absolute atomic E-state index is 0.0909. The van der Waals surface area contributed by atoms with Crippen molar-refractivity contribution in [3.63, 3.8) is 0 Å². The van der Waals surface area contributed by atoms with E-state index in [0.29, 0.717) is 25.4 Å². The van der Waals surface area contributed by atoms with Crippen LogP contribution in [0.4, 0.5) is 10.1 Å². The van der Waals surface area contributed by atoms with E-state index in [1.54, 1.807) is 11.0 Å². The van der Waals surface area contributed by atoms with Crippen molar-refractivity contribution in [2.24, 2.45) is 11.7 Å². The molecule has 1 atom stereocenters. The molecule has 0 fully saturated rings. The fourth-order valence-electron chi connectivity index (χ4n) is 2.55. The third kappa shape index (κ3) is 3.32. The molecule has 1 unspecified atom stereocenters. The van der Waals surface area contributed by atoms with Gasteiger partial charge in [0.15, 0.2) is 0 Å². The number of rotatable bonds is 5. The zero-order chi connectivity index (χ0) is 13.8. The van der Waals surface area contributed by atoms with E-state index in [2.05, 4.69) is 6.92 Å². The Kier molecular flexibility index (Phi) is 4.53. The normalized spacial score (nSPS) is 15.4. The molecule has 1 aliphatic heterocycles. The standard InChI is InChI=1S/C15H21FN2O/c1-11(6-8-17)2-5-15(19)18-9-7-12-3-4-13(16)10-14(12)18/h3-4,10-11H,2,5-9,17H2,1H3. The summed E-state index contributed by atoms with van der Waals surface area (Å²) < 4.78 is 13.3. The molecule has 4 heteroatoms. The van der Waals surface area contributed by atoms with Crippen LogP contribution in [-0.4, -0.2) is 19.0 Å². The van der Waals surface area contributed by atoms with Crippen LogP contribution in [0.3, 0.4) is 0 Å². The summed E-state index contributed by atoms with van der Waals surface area (Å²) in [5, 5.41) is 0. The first-order valence-electron chi connectivity index (χ1n) is 6.90. The summed E-state index contributed by atoms with van der Waals surface area (Å²) in [6, 6.07) is 4.69. The van der Waals surface area contributed by atoms with Gasteiger partial charge >= 0.3 is 0 Å². The Bertz CT molecular complexity index is 461. The Labute approximate surface area is 113 Å². The molecule has 2 rings (SSSR count). The van der Waals surface area contributed by atoms with Gasteiger partial charge in [0, 0.05) is 18.7 Å². The molecule has 1 amide bonds. The lowest BCUT2D eigenvalue weighted by molar-refractivity contribution is -0.118. The highest BCUT2D eigenvalue weighted by atomic mass is 19.1.